The Bertz CT molecular complexity index is 329. The summed E-state index contributed by atoms with van der Waals surface area (Å²) in [5.74, 6) is -0.643. The molecule has 7 heteroatoms. The summed E-state index contributed by atoms with van der Waals surface area (Å²) in [5.41, 5.74) is 0.221. The third kappa shape index (κ3) is 3.59. The summed E-state index contributed by atoms with van der Waals surface area (Å²) in [5, 5.41) is 0.0925. The van der Waals surface area contributed by atoms with Crippen LogP contribution in [0, 0.1) is 0 Å². The second-order valence-electron chi connectivity index (χ2n) is 2.30. The quantitative estimate of drug-likeness (QED) is 0.746. The number of nitrogens with zero attached hydrogens (tertiary/aromatic N) is 1. The van der Waals surface area contributed by atoms with Gasteiger partial charge >= 0.3 is 6.36 Å². The molecule has 1 heterocycles. The lowest BCUT2D eigenvalue weighted by Crippen LogP contribution is -2.18. The lowest BCUT2D eigenvalue weighted by molar-refractivity contribution is -0.276. The Morgan fingerprint density at radius 3 is 2.50 bits per heavy atom. The van der Waals surface area contributed by atoms with Gasteiger partial charge in [0.15, 0.2) is 0 Å². The molecule has 0 aromatic carbocycles. The highest BCUT2D eigenvalue weighted by atomic mass is 35.5. The average Bonchev–Trinajstić information content (AvgIpc) is 1.99. The molecule has 0 aliphatic rings. The van der Waals surface area contributed by atoms with Gasteiger partial charge in [-0.25, -0.2) is 4.98 Å². The molecule has 0 amide bonds. The van der Waals surface area contributed by atoms with Gasteiger partial charge in [-0.2, -0.15) is 0 Å². The normalized spacial score (nSPS) is 11.5. The molecule has 0 radical (unpaired) electrons. The smallest absolute Gasteiger partial charge is 0.388 e. The summed E-state index contributed by atoms with van der Waals surface area (Å²) in [4.78, 5) is 3.48. The molecule has 0 atom stereocenters. The number of hydrogen-bond donors (Lipinski definition) is 0. The van der Waals surface area contributed by atoms with Gasteiger partial charge < -0.3 is 4.74 Å². The van der Waals surface area contributed by atoms with E-state index in [0.29, 0.717) is 0 Å². The Morgan fingerprint density at radius 1 is 1.36 bits per heavy atom. The topological polar surface area (TPSA) is 22.1 Å². The molecule has 0 saturated carbocycles. The van der Waals surface area contributed by atoms with Gasteiger partial charge in [-0.05, 0) is 6.07 Å². The zero-order valence-electron chi connectivity index (χ0n) is 6.61. The first-order valence-electron chi connectivity index (χ1n) is 3.39. The molecule has 1 rings (SSSR count). The van der Waals surface area contributed by atoms with E-state index in [9.17, 15) is 13.2 Å². The number of pyridine rings is 1. The molecular weight excluding hydrogens is 242 g/mol. The highest BCUT2D eigenvalue weighted by molar-refractivity contribution is 6.30. The molecular formula is C7H4Cl2F3NO. The molecule has 1 aromatic rings. The molecule has 0 aliphatic carbocycles. The van der Waals surface area contributed by atoms with E-state index in [1.165, 1.54) is 6.07 Å². The minimum atomic E-state index is -4.78. The van der Waals surface area contributed by atoms with Gasteiger partial charge in [-0.3, -0.25) is 0 Å². The first kappa shape index (κ1) is 11.4. The molecule has 2 nitrogen and oxygen atoms in total. The van der Waals surface area contributed by atoms with Crippen molar-refractivity contribution < 1.29 is 17.9 Å². The maximum atomic E-state index is 11.8. The standard InChI is InChI=1S/C7H4Cl2F3NO/c8-3-5-1-4(9)2-6(13-5)14-7(10,11)12/h1-2H,3H2. The minimum absolute atomic E-state index is 0.0330. The molecule has 0 N–H and O–H groups in total. The summed E-state index contributed by atoms with van der Waals surface area (Å²) in [6.07, 6.45) is -4.78. The van der Waals surface area contributed by atoms with Gasteiger partial charge in [0.25, 0.3) is 0 Å². The van der Waals surface area contributed by atoms with Gasteiger partial charge in [0.1, 0.15) is 0 Å². The fourth-order valence-corrected chi connectivity index (χ4v) is 1.12. The van der Waals surface area contributed by atoms with E-state index in [2.05, 4.69) is 9.72 Å². The summed E-state index contributed by atoms with van der Waals surface area (Å²) in [6.45, 7) is 0. The highest BCUT2D eigenvalue weighted by Gasteiger charge is 2.31. The van der Waals surface area contributed by atoms with Gasteiger partial charge in [-0.15, -0.1) is 24.8 Å². The van der Waals surface area contributed by atoms with E-state index in [4.69, 9.17) is 23.2 Å². The first-order valence-corrected chi connectivity index (χ1v) is 4.30. The van der Waals surface area contributed by atoms with E-state index in [-0.39, 0.29) is 16.6 Å². The van der Waals surface area contributed by atoms with Crippen LogP contribution in [0.15, 0.2) is 12.1 Å². The van der Waals surface area contributed by atoms with Crippen molar-refractivity contribution in [2.75, 3.05) is 0 Å². The largest absolute Gasteiger partial charge is 0.574 e. The number of hydrogen-bond acceptors (Lipinski definition) is 2. The molecule has 0 saturated heterocycles. The summed E-state index contributed by atoms with van der Waals surface area (Å²) < 4.78 is 38.9. The summed E-state index contributed by atoms with van der Waals surface area (Å²) in [7, 11) is 0. The van der Waals surface area contributed by atoms with E-state index < -0.39 is 12.2 Å². The Labute approximate surface area is 87.6 Å². The van der Waals surface area contributed by atoms with E-state index in [1.807, 2.05) is 0 Å². The predicted molar refractivity (Wildman–Crippen MR) is 45.5 cm³/mol. The van der Waals surface area contributed by atoms with Crippen LogP contribution in [0.3, 0.4) is 0 Å². The second kappa shape index (κ2) is 4.23. The number of ether oxygens (including phenoxy) is 1. The molecule has 78 valence electrons. The Kier molecular flexibility index (Phi) is 3.44. The van der Waals surface area contributed by atoms with Crippen molar-refractivity contribution in [1.82, 2.24) is 4.98 Å². The third-order valence-corrected chi connectivity index (χ3v) is 1.67. The number of aromatic nitrogens is 1. The van der Waals surface area contributed by atoms with Crippen molar-refractivity contribution in [1.29, 1.82) is 0 Å². The SMILES string of the molecule is FC(F)(F)Oc1cc(Cl)cc(CCl)n1. The average molecular weight is 246 g/mol. The second-order valence-corrected chi connectivity index (χ2v) is 3.00. The van der Waals surface area contributed by atoms with Crippen molar-refractivity contribution >= 4 is 23.2 Å². The van der Waals surface area contributed by atoms with Crippen LogP contribution in [0.2, 0.25) is 5.02 Å². The van der Waals surface area contributed by atoms with Crippen LogP contribution in [0.1, 0.15) is 5.69 Å². The maximum Gasteiger partial charge on any atom is 0.574 e. The van der Waals surface area contributed by atoms with Crippen LogP contribution in [0.4, 0.5) is 13.2 Å². The van der Waals surface area contributed by atoms with Crippen LogP contribution < -0.4 is 4.74 Å². The van der Waals surface area contributed by atoms with Crippen molar-refractivity contribution in [2.45, 2.75) is 12.2 Å². The van der Waals surface area contributed by atoms with Crippen molar-refractivity contribution in [3.63, 3.8) is 0 Å². The van der Waals surface area contributed by atoms with Crippen LogP contribution in [0.5, 0.6) is 5.88 Å². The first-order chi connectivity index (χ1) is 6.40. The Hall–Kier alpha value is -0.680. The lowest BCUT2D eigenvalue weighted by atomic mass is 10.4. The molecule has 14 heavy (non-hydrogen) atoms. The number of alkyl halides is 4. The summed E-state index contributed by atoms with van der Waals surface area (Å²) >= 11 is 10.9. The lowest BCUT2D eigenvalue weighted by Gasteiger charge is -2.08. The van der Waals surface area contributed by atoms with Gasteiger partial charge in [0, 0.05) is 11.1 Å². The monoisotopic (exact) mass is 245 g/mol. The van der Waals surface area contributed by atoms with Crippen LogP contribution in [-0.4, -0.2) is 11.3 Å². The molecule has 0 aliphatic heterocycles. The molecule has 1 aromatic heterocycles. The van der Waals surface area contributed by atoms with Gasteiger partial charge in [0.2, 0.25) is 5.88 Å². The molecule has 0 unspecified atom stereocenters. The maximum absolute atomic E-state index is 11.8. The number of halogens is 5. The zero-order chi connectivity index (χ0) is 10.8. The molecule has 0 bridgehead atoms. The van der Waals surface area contributed by atoms with E-state index in [1.54, 1.807) is 0 Å². The fraction of sp³-hybridized carbons (Fsp3) is 0.286. The number of rotatable bonds is 2. The minimum Gasteiger partial charge on any atom is -0.388 e. The van der Waals surface area contributed by atoms with Gasteiger partial charge in [-0.1, -0.05) is 11.6 Å². The van der Waals surface area contributed by atoms with Crippen LogP contribution >= 0.6 is 23.2 Å². The highest BCUT2D eigenvalue weighted by Crippen LogP contribution is 2.24. The van der Waals surface area contributed by atoms with Crippen LogP contribution in [0.25, 0.3) is 0 Å². The zero-order valence-corrected chi connectivity index (χ0v) is 8.12. The van der Waals surface area contributed by atoms with E-state index in [0.717, 1.165) is 6.07 Å². The van der Waals surface area contributed by atoms with Gasteiger partial charge in [0.05, 0.1) is 11.6 Å². The Balaban J connectivity index is 2.92. The molecule has 0 fully saturated rings. The van der Waals surface area contributed by atoms with Crippen LogP contribution in [-0.2, 0) is 5.88 Å². The van der Waals surface area contributed by atoms with Crippen molar-refractivity contribution in [3.05, 3.63) is 22.8 Å². The molecule has 0 spiro atoms. The fourth-order valence-electron chi connectivity index (χ4n) is 0.764. The van der Waals surface area contributed by atoms with Crippen molar-refractivity contribution in [2.24, 2.45) is 0 Å². The van der Waals surface area contributed by atoms with E-state index >= 15 is 0 Å². The van der Waals surface area contributed by atoms with Crippen molar-refractivity contribution in [3.8, 4) is 5.88 Å². The third-order valence-electron chi connectivity index (χ3n) is 1.18. The predicted octanol–water partition coefficient (Wildman–Crippen LogP) is 3.37. The Morgan fingerprint density at radius 2 is 2.00 bits per heavy atom. The summed E-state index contributed by atoms with van der Waals surface area (Å²) in [6, 6.07) is 2.32.